The van der Waals surface area contributed by atoms with Crippen LogP contribution in [0.1, 0.15) is 11.3 Å². The number of guanidine groups is 2. The Morgan fingerprint density at radius 1 is 1.47 bits per heavy atom. The molecule has 0 fully saturated rings. The minimum atomic E-state index is -0.0980. The van der Waals surface area contributed by atoms with Gasteiger partial charge in [-0.15, -0.1) is 0 Å². The highest BCUT2D eigenvalue weighted by molar-refractivity contribution is 5.92. The fourth-order valence-corrected chi connectivity index (χ4v) is 1.14. The molecule has 82 valence electrons. The SMILES string of the molecule is Cc1nn(C)cc1CN=C(N)N=C(N)N. The molecule has 1 heterocycles. The number of nitrogens with zero attached hydrogens (tertiary/aromatic N) is 4. The molecule has 0 spiro atoms. The van der Waals surface area contributed by atoms with Gasteiger partial charge in [0.05, 0.1) is 12.2 Å². The van der Waals surface area contributed by atoms with E-state index in [9.17, 15) is 0 Å². The van der Waals surface area contributed by atoms with Crippen LogP contribution in [0, 0.1) is 6.92 Å². The van der Waals surface area contributed by atoms with E-state index in [4.69, 9.17) is 17.2 Å². The Morgan fingerprint density at radius 2 is 2.13 bits per heavy atom. The lowest BCUT2D eigenvalue weighted by molar-refractivity contribution is 0.756. The smallest absolute Gasteiger partial charge is 0.218 e. The first-order valence-electron chi connectivity index (χ1n) is 4.37. The molecule has 7 nitrogen and oxygen atoms in total. The predicted octanol–water partition coefficient (Wildman–Crippen LogP) is -1.18. The van der Waals surface area contributed by atoms with E-state index >= 15 is 0 Å². The van der Waals surface area contributed by atoms with Crippen LogP contribution in [0.25, 0.3) is 0 Å². The molecule has 0 saturated heterocycles. The molecule has 0 aromatic carbocycles. The topological polar surface area (TPSA) is 121 Å². The predicted molar refractivity (Wildman–Crippen MR) is 59.1 cm³/mol. The van der Waals surface area contributed by atoms with E-state index in [0.717, 1.165) is 11.3 Å². The Kier molecular flexibility index (Phi) is 3.27. The van der Waals surface area contributed by atoms with Gasteiger partial charge < -0.3 is 17.2 Å². The molecule has 7 heteroatoms. The fourth-order valence-electron chi connectivity index (χ4n) is 1.14. The molecule has 0 aliphatic carbocycles. The summed E-state index contributed by atoms with van der Waals surface area (Å²) in [6, 6.07) is 0. The molecule has 6 N–H and O–H groups in total. The minimum Gasteiger partial charge on any atom is -0.370 e. The lowest BCUT2D eigenvalue weighted by Crippen LogP contribution is -2.26. The highest BCUT2D eigenvalue weighted by Gasteiger charge is 2.01. The molecule has 0 unspecified atom stereocenters. The number of aliphatic imine (C=N–C) groups is 2. The largest absolute Gasteiger partial charge is 0.370 e. The molecule has 0 radical (unpaired) electrons. The van der Waals surface area contributed by atoms with Crippen LogP contribution < -0.4 is 17.2 Å². The molecular weight excluding hydrogens is 194 g/mol. The quantitative estimate of drug-likeness (QED) is 0.419. The van der Waals surface area contributed by atoms with Gasteiger partial charge in [-0.25, -0.2) is 4.99 Å². The summed E-state index contributed by atoms with van der Waals surface area (Å²) in [6.07, 6.45) is 1.88. The van der Waals surface area contributed by atoms with E-state index in [2.05, 4.69) is 15.1 Å². The molecule has 1 aromatic rings. The van der Waals surface area contributed by atoms with Crippen molar-refractivity contribution in [1.29, 1.82) is 0 Å². The van der Waals surface area contributed by atoms with E-state index < -0.39 is 0 Å². The van der Waals surface area contributed by atoms with Crippen molar-refractivity contribution < 1.29 is 0 Å². The number of nitrogens with two attached hydrogens (primary N) is 3. The molecule has 1 aromatic heterocycles. The maximum Gasteiger partial charge on any atom is 0.218 e. The van der Waals surface area contributed by atoms with Gasteiger partial charge >= 0.3 is 0 Å². The summed E-state index contributed by atoms with van der Waals surface area (Å²) in [4.78, 5) is 7.60. The summed E-state index contributed by atoms with van der Waals surface area (Å²) in [5.41, 5.74) is 17.7. The van der Waals surface area contributed by atoms with Crippen molar-refractivity contribution in [2.75, 3.05) is 0 Å². The Labute approximate surface area is 87.7 Å². The van der Waals surface area contributed by atoms with Crippen LogP contribution in [0.5, 0.6) is 0 Å². The van der Waals surface area contributed by atoms with Crippen molar-refractivity contribution in [3.8, 4) is 0 Å². The molecule has 0 saturated carbocycles. The molecule has 15 heavy (non-hydrogen) atoms. The van der Waals surface area contributed by atoms with E-state index in [-0.39, 0.29) is 11.9 Å². The summed E-state index contributed by atoms with van der Waals surface area (Å²) in [7, 11) is 1.85. The van der Waals surface area contributed by atoms with E-state index in [0.29, 0.717) is 6.54 Å². The van der Waals surface area contributed by atoms with Gasteiger partial charge in [-0.05, 0) is 6.92 Å². The first kappa shape index (κ1) is 11.0. The monoisotopic (exact) mass is 209 g/mol. The van der Waals surface area contributed by atoms with Gasteiger partial charge in [-0.1, -0.05) is 0 Å². The Morgan fingerprint density at radius 3 is 2.60 bits per heavy atom. The zero-order chi connectivity index (χ0) is 11.4. The third-order valence-electron chi connectivity index (χ3n) is 1.77. The summed E-state index contributed by atoms with van der Waals surface area (Å²) in [6.45, 7) is 2.32. The molecule has 1 rings (SSSR count). The molecule has 0 atom stereocenters. The van der Waals surface area contributed by atoms with Crippen LogP contribution >= 0.6 is 0 Å². The Hall–Kier alpha value is -2.05. The van der Waals surface area contributed by atoms with Crippen LogP contribution in [-0.4, -0.2) is 21.7 Å². The van der Waals surface area contributed by atoms with Crippen molar-refractivity contribution in [1.82, 2.24) is 9.78 Å². The summed E-state index contributed by atoms with van der Waals surface area (Å²) < 4.78 is 1.72. The van der Waals surface area contributed by atoms with Gasteiger partial charge in [-0.2, -0.15) is 10.1 Å². The minimum absolute atomic E-state index is 0.0678. The average Bonchev–Trinajstić information content (AvgIpc) is 2.40. The molecule has 0 aliphatic rings. The van der Waals surface area contributed by atoms with Gasteiger partial charge in [0.2, 0.25) is 5.96 Å². The zero-order valence-electron chi connectivity index (χ0n) is 8.81. The summed E-state index contributed by atoms with van der Waals surface area (Å²) in [5, 5.41) is 4.17. The standard InChI is InChI=1S/C8H15N7/c1-5-6(4-15(2)14-5)3-12-8(11)13-7(9)10/h4H,3H2,1-2H3,(H6,9,10,11,12,13). The Balaban J connectivity index is 2.72. The van der Waals surface area contributed by atoms with E-state index in [1.165, 1.54) is 0 Å². The summed E-state index contributed by atoms with van der Waals surface area (Å²) >= 11 is 0. The number of rotatable bonds is 2. The van der Waals surface area contributed by atoms with E-state index in [1.807, 2.05) is 20.2 Å². The molecule has 0 amide bonds. The van der Waals surface area contributed by atoms with Crippen molar-refractivity contribution in [3.05, 3.63) is 17.5 Å². The average molecular weight is 209 g/mol. The van der Waals surface area contributed by atoms with Crippen LogP contribution in [0.15, 0.2) is 16.2 Å². The molecule has 0 bridgehead atoms. The van der Waals surface area contributed by atoms with Crippen molar-refractivity contribution >= 4 is 11.9 Å². The number of hydrogen-bond acceptors (Lipinski definition) is 2. The first-order chi connectivity index (χ1) is 6.99. The van der Waals surface area contributed by atoms with Gasteiger partial charge in [0, 0.05) is 18.8 Å². The number of hydrogen-bond donors (Lipinski definition) is 3. The third kappa shape index (κ3) is 3.29. The second-order valence-electron chi connectivity index (χ2n) is 3.12. The summed E-state index contributed by atoms with van der Waals surface area (Å²) in [5.74, 6) is -0.0302. The van der Waals surface area contributed by atoms with Gasteiger partial charge in [0.1, 0.15) is 0 Å². The maximum absolute atomic E-state index is 5.45. The van der Waals surface area contributed by atoms with Gasteiger partial charge in [-0.3, -0.25) is 4.68 Å². The van der Waals surface area contributed by atoms with Gasteiger partial charge in [0.25, 0.3) is 0 Å². The maximum atomic E-state index is 5.45. The first-order valence-corrected chi connectivity index (χ1v) is 4.37. The lowest BCUT2D eigenvalue weighted by Gasteiger charge is -1.94. The number of aryl methyl sites for hydroxylation is 2. The Bertz CT molecular complexity index is 397. The third-order valence-corrected chi connectivity index (χ3v) is 1.77. The lowest BCUT2D eigenvalue weighted by atomic mass is 10.3. The second-order valence-corrected chi connectivity index (χ2v) is 3.12. The van der Waals surface area contributed by atoms with Crippen LogP contribution in [0.3, 0.4) is 0 Å². The normalized spacial score (nSPS) is 11.5. The zero-order valence-corrected chi connectivity index (χ0v) is 8.81. The molecular formula is C8H15N7. The number of aromatic nitrogens is 2. The van der Waals surface area contributed by atoms with Crippen LogP contribution in [-0.2, 0) is 13.6 Å². The highest BCUT2D eigenvalue weighted by Crippen LogP contribution is 2.05. The fraction of sp³-hybridized carbons (Fsp3) is 0.375. The van der Waals surface area contributed by atoms with Crippen molar-refractivity contribution in [2.45, 2.75) is 13.5 Å². The van der Waals surface area contributed by atoms with Crippen LogP contribution in [0.4, 0.5) is 0 Å². The molecule has 0 aliphatic heterocycles. The van der Waals surface area contributed by atoms with Gasteiger partial charge in [0.15, 0.2) is 5.96 Å². The second kappa shape index (κ2) is 4.45. The van der Waals surface area contributed by atoms with Crippen molar-refractivity contribution in [3.63, 3.8) is 0 Å². The highest BCUT2D eigenvalue weighted by atomic mass is 15.3. The van der Waals surface area contributed by atoms with E-state index in [1.54, 1.807) is 4.68 Å². The van der Waals surface area contributed by atoms with Crippen LogP contribution in [0.2, 0.25) is 0 Å². The van der Waals surface area contributed by atoms with Crippen molar-refractivity contribution in [2.24, 2.45) is 34.2 Å².